The minimum atomic E-state index is 0.0856. The van der Waals surface area contributed by atoms with Crippen LogP contribution in [0, 0.1) is 0 Å². The molecular weight excluding hydrogens is 252 g/mol. The quantitative estimate of drug-likeness (QED) is 0.774. The van der Waals surface area contributed by atoms with Crippen molar-refractivity contribution in [3.05, 3.63) is 54.4 Å². The van der Waals surface area contributed by atoms with Crippen LogP contribution in [0.15, 0.2) is 47.2 Å². The fourth-order valence-electron chi connectivity index (χ4n) is 2.42. The molecule has 2 unspecified atom stereocenters. The molecule has 0 bridgehead atoms. The average Bonchev–Trinajstić information content (AvgIpc) is 3.13. The largest absolute Gasteiger partial charge is 0.468 e. The molecule has 0 aliphatic rings. The molecule has 5 heteroatoms. The highest BCUT2D eigenvalue weighted by Crippen LogP contribution is 2.22. The lowest BCUT2D eigenvalue weighted by molar-refractivity contribution is 0.369. The van der Waals surface area contributed by atoms with Crippen LogP contribution in [0.2, 0.25) is 0 Å². The standard InChI is InChI=1S/C15H18N4O/c1-3-12(13-7-6-10-20-13)16-11(2)15-18-17-14-8-4-5-9-19(14)15/h4-12,16H,3H2,1-2H3. The first-order valence-corrected chi connectivity index (χ1v) is 6.88. The van der Waals surface area contributed by atoms with Crippen molar-refractivity contribution in [2.45, 2.75) is 32.4 Å². The van der Waals surface area contributed by atoms with E-state index in [1.165, 1.54) is 0 Å². The molecule has 3 aromatic heterocycles. The third-order valence-corrected chi connectivity index (χ3v) is 3.47. The van der Waals surface area contributed by atoms with Gasteiger partial charge < -0.3 is 4.42 Å². The molecule has 0 spiro atoms. The first kappa shape index (κ1) is 12.9. The Morgan fingerprint density at radius 1 is 1.25 bits per heavy atom. The van der Waals surface area contributed by atoms with E-state index in [-0.39, 0.29) is 12.1 Å². The van der Waals surface area contributed by atoms with Crippen molar-refractivity contribution in [3.8, 4) is 0 Å². The molecule has 3 rings (SSSR count). The first-order chi connectivity index (χ1) is 9.79. The first-order valence-electron chi connectivity index (χ1n) is 6.88. The summed E-state index contributed by atoms with van der Waals surface area (Å²) in [6, 6.07) is 10.1. The van der Waals surface area contributed by atoms with E-state index in [9.17, 15) is 0 Å². The van der Waals surface area contributed by atoms with Crippen LogP contribution in [0.4, 0.5) is 0 Å². The SMILES string of the molecule is CCC(NC(C)c1nnc2ccccn12)c1ccco1. The Hall–Kier alpha value is -2.14. The smallest absolute Gasteiger partial charge is 0.160 e. The third-order valence-electron chi connectivity index (χ3n) is 3.47. The molecule has 1 N–H and O–H groups in total. The fraction of sp³-hybridized carbons (Fsp3) is 0.333. The summed E-state index contributed by atoms with van der Waals surface area (Å²) in [5.74, 6) is 1.86. The van der Waals surface area contributed by atoms with E-state index in [4.69, 9.17) is 4.42 Å². The summed E-state index contributed by atoms with van der Waals surface area (Å²) in [5, 5.41) is 12.0. The number of nitrogens with one attached hydrogen (secondary N) is 1. The lowest BCUT2D eigenvalue weighted by Gasteiger charge is -2.19. The second-order valence-corrected chi connectivity index (χ2v) is 4.85. The molecule has 2 atom stereocenters. The Balaban J connectivity index is 1.83. The normalized spacial score (nSPS) is 14.5. The predicted molar refractivity (Wildman–Crippen MR) is 76.3 cm³/mol. The van der Waals surface area contributed by atoms with E-state index in [2.05, 4.69) is 29.4 Å². The monoisotopic (exact) mass is 270 g/mol. The molecule has 0 saturated heterocycles. The Morgan fingerprint density at radius 2 is 2.15 bits per heavy atom. The summed E-state index contributed by atoms with van der Waals surface area (Å²) < 4.78 is 7.49. The number of nitrogens with zero attached hydrogens (tertiary/aromatic N) is 3. The van der Waals surface area contributed by atoms with Crippen LogP contribution in [0.5, 0.6) is 0 Å². The van der Waals surface area contributed by atoms with Crippen molar-refractivity contribution in [1.82, 2.24) is 19.9 Å². The minimum absolute atomic E-state index is 0.0856. The zero-order valence-electron chi connectivity index (χ0n) is 11.7. The van der Waals surface area contributed by atoms with Crippen LogP contribution >= 0.6 is 0 Å². The number of furan rings is 1. The van der Waals surface area contributed by atoms with Crippen molar-refractivity contribution < 1.29 is 4.42 Å². The lowest BCUT2D eigenvalue weighted by atomic mass is 10.1. The maximum absolute atomic E-state index is 5.49. The molecule has 0 radical (unpaired) electrons. The number of rotatable bonds is 5. The van der Waals surface area contributed by atoms with Crippen LogP contribution in [0.1, 0.15) is 43.9 Å². The zero-order chi connectivity index (χ0) is 13.9. The Bertz CT molecular complexity index is 674. The van der Waals surface area contributed by atoms with Crippen molar-refractivity contribution in [2.24, 2.45) is 0 Å². The summed E-state index contributed by atoms with van der Waals surface area (Å²) in [6.45, 7) is 4.23. The summed E-state index contributed by atoms with van der Waals surface area (Å²) in [6.07, 6.45) is 4.64. The molecule has 3 aromatic rings. The van der Waals surface area contributed by atoms with E-state index in [0.29, 0.717) is 0 Å². The highest BCUT2D eigenvalue weighted by molar-refractivity contribution is 5.37. The molecular formula is C15H18N4O. The minimum Gasteiger partial charge on any atom is -0.468 e. The summed E-state index contributed by atoms with van der Waals surface area (Å²) in [5.41, 5.74) is 0.863. The maximum Gasteiger partial charge on any atom is 0.160 e. The predicted octanol–water partition coefficient (Wildman–Crippen LogP) is 3.12. The molecule has 104 valence electrons. The number of fused-ring (bicyclic) bond motifs is 1. The fourth-order valence-corrected chi connectivity index (χ4v) is 2.42. The second-order valence-electron chi connectivity index (χ2n) is 4.85. The summed E-state index contributed by atoms with van der Waals surface area (Å²) in [7, 11) is 0. The van der Waals surface area contributed by atoms with E-state index in [0.717, 1.165) is 23.7 Å². The van der Waals surface area contributed by atoms with Gasteiger partial charge in [-0.1, -0.05) is 13.0 Å². The zero-order valence-corrected chi connectivity index (χ0v) is 11.7. The van der Waals surface area contributed by atoms with Crippen molar-refractivity contribution in [2.75, 3.05) is 0 Å². The molecule has 0 aromatic carbocycles. The molecule has 0 fully saturated rings. The van der Waals surface area contributed by atoms with Gasteiger partial charge in [0.1, 0.15) is 5.76 Å². The molecule has 3 heterocycles. The van der Waals surface area contributed by atoms with Crippen LogP contribution < -0.4 is 5.32 Å². The lowest BCUT2D eigenvalue weighted by Crippen LogP contribution is -2.25. The molecule has 0 aliphatic heterocycles. The van der Waals surface area contributed by atoms with Gasteiger partial charge in [-0.3, -0.25) is 9.72 Å². The van der Waals surface area contributed by atoms with Gasteiger partial charge in [-0.25, -0.2) is 0 Å². The van der Waals surface area contributed by atoms with Gasteiger partial charge in [0, 0.05) is 6.20 Å². The van der Waals surface area contributed by atoms with Crippen LogP contribution in [-0.2, 0) is 0 Å². The number of pyridine rings is 1. The van der Waals surface area contributed by atoms with Gasteiger partial charge in [0.05, 0.1) is 18.3 Å². The third kappa shape index (κ3) is 2.32. The van der Waals surface area contributed by atoms with Gasteiger partial charge in [-0.05, 0) is 37.6 Å². The highest BCUT2D eigenvalue weighted by atomic mass is 16.3. The van der Waals surface area contributed by atoms with Gasteiger partial charge in [-0.2, -0.15) is 0 Å². The Kier molecular flexibility index (Phi) is 3.52. The second kappa shape index (κ2) is 5.46. The Labute approximate surface area is 117 Å². The van der Waals surface area contributed by atoms with Gasteiger partial charge in [-0.15, -0.1) is 10.2 Å². The summed E-state index contributed by atoms with van der Waals surface area (Å²) in [4.78, 5) is 0. The van der Waals surface area contributed by atoms with Crippen molar-refractivity contribution >= 4 is 5.65 Å². The van der Waals surface area contributed by atoms with E-state index in [1.54, 1.807) is 6.26 Å². The van der Waals surface area contributed by atoms with Crippen molar-refractivity contribution in [3.63, 3.8) is 0 Å². The average molecular weight is 270 g/mol. The van der Waals surface area contributed by atoms with E-state index < -0.39 is 0 Å². The molecule has 5 nitrogen and oxygen atoms in total. The number of hydrogen-bond donors (Lipinski definition) is 1. The molecule has 0 amide bonds. The van der Waals surface area contributed by atoms with E-state index in [1.807, 2.05) is 40.9 Å². The molecule has 20 heavy (non-hydrogen) atoms. The van der Waals surface area contributed by atoms with Crippen LogP contribution in [-0.4, -0.2) is 14.6 Å². The van der Waals surface area contributed by atoms with Crippen LogP contribution in [0.3, 0.4) is 0 Å². The van der Waals surface area contributed by atoms with Gasteiger partial charge in [0.15, 0.2) is 11.5 Å². The van der Waals surface area contributed by atoms with Crippen molar-refractivity contribution in [1.29, 1.82) is 0 Å². The van der Waals surface area contributed by atoms with Gasteiger partial charge in [0.2, 0.25) is 0 Å². The Morgan fingerprint density at radius 3 is 2.90 bits per heavy atom. The summed E-state index contributed by atoms with van der Waals surface area (Å²) >= 11 is 0. The molecule has 0 saturated carbocycles. The number of aromatic nitrogens is 3. The maximum atomic E-state index is 5.49. The number of hydrogen-bond acceptors (Lipinski definition) is 4. The molecule has 0 aliphatic carbocycles. The van der Waals surface area contributed by atoms with Gasteiger partial charge >= 0.3 is 0 Å². The van der Waals surface area contributed by atoms with Gasteiger partial charge in [0.25, 0.3) is 0 Å². The van der Waals surface area contributed by atoms with Crippen LogP contribution in [0.25, 0.3) is 5.65 Å². The topological polar surface area (TPSA) is 55.4 Å². The highest BCUT2D eigenvalue weighted by Gasteiger charge is 2.19. The van der Waals surface area contributed by atoms with E-state index >= 15 is 0 Å².